The number of rotatable bonds is 6. The Morgan fingerprint density at radius 3 is 2.56 bits per heavy atom. The smallest absolute Gasteiger partial charge is 0.240 e. The Morgan fingerprint density at radius 1 is 1.33 bits per heavy atom. The van der Waals surface area contributed by atoms with E-state index in [9.17, 15) is 8.42 Å². The summed E-state index contributed by atoms with van der Waals surface area (Å²) in [6.45, 7) is 4.89. The molecular formula is C12H19ClN2O2S. The van der Waals surface area contributed by atoms with Crippen LogP contribution in [0, 0.1) is 12.8 Å². The molecule has 1 rings (SSSR count). The van der Waals surface area contributed by atoms with Crippen molar-refractivity contribution in [2.75, 3.05) is 20.1 Å². The normalized spacial score (nSPS) is 13.6. The SMILES string of the molecule is CNCC(C)CNS(=O)(=O)c1ccc(Cl)cc1C. The summed E-state index contributed by atoms with van der Waals surface area (Å²) >= 11 is 5.81. The van der Waals surface area contributed by atoms with Crippen LogP contribution in [0.3, 0.4) is 0 Å². The molecule has 0 saturated carbocycles. The second-order valence-corrected chi connectivity index (χ2v) is 6.60. The van der Waals surface area contributed by atoms with Gasteiger partial charge in [-0.2, -0.15) is 0 Å². The Morgan fingerprint density at radius 2 is 2.00 bits per heavy atom. The molecule has 0 amide bonds. The van der Waals surface area contributed by atoms with Gasteiger partial charge in [-0.3, -0.25) is 0 Å². The van der Waals surface area contributed by atoms with Gasteiger partial charge in [-0.05, 0) is 50.2 Å². The summed E-state index contributed by atoms with van der Waals surface area (Å²) in [5.74, 6) is 0.234. The van der Waals surface area contributed by atoms with E-state index in [0.717, 1.165) is 6.54 Å². The maximum Gasteiger partial charge on any atom is 0.240 e. The largest absolute Gasteiger partial charge is 0.319 e. The van der Waals surface area contributed by atoms with Crippen molar-refractivity contribution >= 4 is 21.6 Å². The minimum absolute atomic E-state index is 0.234. The lowest BCUT2D eigenvalue weighted by Gasteiger charge is -2.13. The van der Waals surface area contributed by atoms with E-state index in [-0.39, 0.29) is 10.8 Å². The fraction of sp³-hybridized carbons (Fsp3) is 0.500. The lowest BCUT2D eigenvalue weighted by molar-refractivity contribution is 0.518. The highest BCUT2D eigenvalue weighted by atomic mass is 35.5. The van der Waals surface area contributed by atoms with Gasteiger partial charge in [-0.15, -0.1) is 0 Å². The fourth-order valence-corrected chi connectivity index (χ4v) is 3.28. The third-order valence-corrected chi connectivity index (χ3v) is 4.42. The molecule has 0 bridgehead atoms. The van der Waals surface area contributed by atoms with E-state index in [4.69, 9.17) is 11.6 Å². The molecule has 18 heavy (non-hydrogen) atoms. The standard InChI is InChI=1S/C12H19ClN2O2S/c1-9(7-14-3)8-15-18(16,17)12-5-4-11(13)6-10(12)2/h4-6,9,14-15H,7-8H2,1-3H3. The van der Waals surface area contributed by atoms with E-state index >= 15 is 0 Å². The molecule has 0 aliphatic carbocycles. The summed E-state index contributed by atoms with van der Waals surface area (Å²) in [4.78, 5) is 0.281. The molecule has 0 fully saturated rings. The third kappa shape index (κ3) is 4.24. The van der Waals surface area contributed by atoms with E-state index in [1.807, 2.05) is 14.0 Å². The van der Waals surface area contributed by atoms with Crippen molar-refractivity contribution < 1.29 is 8.42 Å². The predicted octanol–water partition coefficient (Wildman–Crippen LogP) is 1.78. The van der Waals surface area contributed by atoms with Crippen molar-refractivity contribution in [3.63, 3.8) is 0 Å². The Kier molecular flexibility index (Phi) is 5.59. The van der Waals surface area contributed by atoms with Gasteiger partial charge in [0.05, 0.1) is 4.90 Å². The number of nitrogens with one attached hydrogen (secondary N) is 2. The van der Waals surface area contributed by atoms with Crippen LogP contribution >= 0.6 is 11.6 Å². The lowest BCUT2D eigenvalue weighted by Crippen LogP contribution is -2.32. The zero-order valence-electron chi connectivity index (χ0n) is 10.8. The average Bonchev–Trinajstić information content (AvgIpc) is 2.26. The van der Waals surface area contributed by atoms with Crippen molar-refractivity contribution in [1.82, 2.24) is 10.0 Å². The lowest BCUT2D eigenvalue weighted by atomic mass is 10.2. The molecule has 1 unspecified atom stereocenters. The van der Waals surface area contributed by atoms with E-state index in [0.29, 0.717) is 17.1 Å². The molecule has 0 radical (unpaired) electrons. The first-order valence-electron chi connectivity index (χ1n) is 5.77. The topological polar surface area (TPSA) is 58.2 Å². The number of aryl methyl sites for hydroxylation is 1. The van der Waals surface area contributed by atoms with Crippen LogP contribution < -0.4 is 10.0 Å². The number of sulfonamides is 1. The van der Waals surface area contributed by atoms with Gasteiger partial charge >= 0.3 is 0 Å². The highest BCUT2D eigenvalue weighted by Gasteiger charge is 2.17. The first-order chi connectivity index (χ1) is 8.36. The molecule has 0 aliphatic rings. The molecular weight excluding hydrogens is 272 g/mol. The second-order valence-electron chi connectivity index (χ2n) is 4.42. The van der Waals surface area contributed by atoms with Crippen LogP contribution in [-0.2, 0) is 10.0 Å². The second kappa shape index (κ2) is 6.52. The van der Waals surface area contributed by atoms with Crippen LogP contribution in [0.1, 0.15) is 12.5 Å². The maximum atomic E-state index is 12.1. The molecule has 102 valence electrons. The first-order valence-corrected chi connectivity index (χ1v) is 7.63. The molecule has 0 heterocycles. The van der Waals surface area contributed by atoms with Crippen LogP contribution in [-0.4, -0.2) is 28.6 Å². The van der Waals surface area contributed by atoms with Crippen molar-refractivity contribution in [3.8, 4) is 0 Å². The van der Waals surface area contributed by atoms with Gasteiger partial charge < -0.3 is 5.32 Å². The molecule has 4 nitrogen and oxygen atoms in total. The highest BCUT2D eigenvalue weighted by Crippen LogP contribution is 2.19. The van der Waals surface area contributed by atoms with Crippen molar-refractivity contribution in [3.05, 3.63) is 28.8 Å². The summed E-state index contributed by atoms with van der Waals surface area (Å²) in [6, 6.07) is 4.76. The average molecular weight is 291 g/mol. The van der Waals surface area contributed by atoms with Crippen molar-refractivity contribution in [2.24, 2.45) is 5.92 Å². The summed E-state index contributed by atoms with van der Waals surface area (Å²) < 4.78 is 26.8. The van der Waals surface area contributed by atoms with Crippen LogP contribution in [0.5, 0.6) is 0 Å². The van der Waals surface area contributed by atoms with Gasteiger partial charge in [-0.25, -0.2) is 13.1 Å². The van der Waals surface area contributed by atoms with Gasteiger partial charge in [0.25, 0.3) is 0 Å². The molecule has 6 heteroatoms. The first kappa shape index (κ1) is 15.4. The zero-order valence-corrected chi connectivity index (χ0v) is 12.4. The maximum absolute atomic E-state index is 12.1. The minimum atomic E-state index is -3.46. The Labute approximate surface area is 114 Å². The van der Waals surface area contributed by atoms with Gasteiger partial charge in [-0.1, -0.05) is 18.5 Å². The molecule has 1 aromatic carbocycles. The summed E-state index contributed by atoms with van der Waals surface area (Å²) in [7, 11) is -1.62. The minimum Gasteiger partial charge on any atom is -0.319 e. The molecule has 0 saturated heterocycles. The molecule has 1 aromatic rings. The number of halogens is 1. The quantitative estimate of drug-likeness (QED) is 0.840. The van der Waals surface area contributed by atoms with Gasteiger partial charge in [0, 0.05) is 11.6 Å². The van der Waals surface area contributed by atoms with E-state index in [2.05, 4.69) is 10.0 Å². The van der Waals surface area contributed by atoms with E-state index in [1.165, 1.54) is 6.07 Å². The van der Waals surface area contributed by atoms with Crippen LogP contribution in [0.15, 0.2) is 23.1 Å². The summed E-state index contributed by atoms with van der Waals surface area (Å²) in [5, 5.41) is 3.55. The molecule has 2 N–H and O–H groups in total. The monoisotopic (exact) mass is 290 g/mol. The third-order valence-electron chi connectivity index (χ3n) is 2.60. The van der Waals surface area contributed by atoms with Gasteiger partial charge in [0.15, 0.2) is 0 Å². The summed E-state index contributed by atoms with van der Waals surface area (Å²) in [5.41, 5.74) is 0.649. The van der Waals surface area contributed by atoms with Crippen molar-refractivity contribution in [2.45, 2.75) is 18.7 Å². The number of hydrogen-bond acceptors (Lipinski definition) is 3. The van der Waals surface area contributed by atoms with Crippen LogP contribution in [0.25, 0.3) is 0 Å². The fourth-order valence-electron chi connectivity index (χ4n) is 1.66. The Bertz CT molecular complexity index is 503. The Balaban J connectivity index is 2.80. The van der Waals surface area contributed by atoms with Crippen LogP contribution in [0.4, 0.5) is 0 Å². The Hall–Kier alpha value is -0.620. The van der Waals surface area contributed by atoms with Gasteiger partial charge in [0.1, 0.15) is 0 Å². The van der Waals surface area contributed by atoms with Crippen LogP contribution in [0.2, 0.25) is 5.02 Å². The highest BCUT2D eigenvalue weighted by molar-refractivity contribution is 7.89. The molecule has 0 aromatic heterocycles. The summed E-state index contributed by atoms with van der Waals surface area (Å²) in [6.07, 6.45) is 0. The zero-order chi connectivity index (χ0) is 13.8. The number of benzene rings is 1. The van der Waals surface area contributed by atoms with E-state index in [1.54, 1.807) is 19.1 Å². The van der Waals surface area contributed by atoms with E-state index < -0.39 is 10.0 Å². The molecule has 1 atom stereocenters. The molecule has 0 aliphatic heterocycles. The van der Waals surface area contributed by atoms with Gasteiger partial charge in [0.2, 0.25) is 10.0 Å². The predicted molar refractivity (Wildman–Crippen MR) is 74.5 cm³/mol. The number of hydrogen-bond donors (Lipinski definition) is 2. The van der Waals surface area contributed by atoms with Crippen molar-refractivity contribution in [1.29, 1.82) is 0 Å². The molecule has 0 spiro atoms.